The maximum atomic E-state index is 12.4. The first-order chi connectivity index (χ1) is 13.3. The van der Waals surface area contributed by atoms with Crippen LogP contribution in [0.25, 0.3) is 0 Å². The summed E-state index contributed by atoms with van der Waals surface area (Å²) >= 11 is 0. The number of nitrogens with zero attached hydrogens (tertiary/aromatic N) is 2. The molecule has 0 bridgehead atoms. The molecule has 1 N–H and O–H groups in total. The zero-order valence-corrected chi connectivity index (χ0v) is 15.4. The Hall–Kier alpha value is -3.50. The van der Waals surface area contributed by atoms with Gasteiger partial charge in [0.15, 0.2) is 0 Å². The molecular weight excluding hydrogens is 374 g/mol. The summed E-state index contributed by atoms with van der Waals surface area (Å²) in [4.78, 5) is 59.6. The lowest BCUT2D eigenvalue weighted by molar-refractivity contribution is -0.384. The number of amides is 2. The van der Waals surface area contributed by atoms with Crippen molar-refractivity contribution in [2.75, 3.05) is 30.0 Å². The number of fused-ring (bicyclic) bond motifs is 1. The highest BCUT2D eigenvalue weighted by Crippen LogP contribution is 2.39. The van der Waals surface area contributed by atoms with Gasteiger partial charge in [-0.05, 0) is 32.8 Å². The molecule has 0 radical (unpaired) electrons. The van der Waals surface area contributed by atoms with Crippen LogP contribution in [-0.2, 0) is 35.1 Å². The van der Waals surface area contributed by atoms with Gasteiger partial charge in [-0.15, -0.1) is 0 Å². The van der Waals surface area contributed by atoms with Crippen LogP contribution in [-0.4, -0.2) is 48.4 Å². The quantitative estimate of drug-likeness (QED) is 0.344. The van der Waals surface area contributed by atoms with E-state index in [1.165, 1.54) is 13.0 Å². The second-order valence-electron chi connectivity index (χ2n) is 5.67. The summed E-state index contributed by atoms with van der Waals surface area (Å²) in [7, 11) is 0. The fraction of sp³-hybridized carbons (Fsp3) is 0.412. The number of hydrogen-bond acceptors (Lipinski definition) is 8. The Morgan fingerprint density at radius 1 is 1.14 bits per heavy atom. The monoisotopic (exact) mass is 393 g/mol. The van der Waals surface area contributed by atoms with Crippen LogP contribution >= 0.6 is 0 Å². The molecule has 11 heteroatoms. The van der Waals surface area contributed by atoms with Gasteiger partial charge in [0.05, 0.1) is 18.1 Å². The Labute approximate surface area is 159 Å². The summed E-state index contributed by atoms with van der Waals surface area (Å²) in [6, 6.07) is 2.42. The fourth-order valence-electron chi connectivity index (χ4n) is 2.83. The van der Waals surface area contributed by atoms with Crippen molar-refractivity contribution in [2.45, 2.75) is 26.7 Å². The molecule has 1 aromatic rings. The number of anilines is 2. The number of nitro groups is 1. The number of nitrogens with one attached hydrogen (secondary N) is 1. The summed E-state index contributed by atoms with van der Waals surface area (Å²) in [6.45, 7) is 3.25. The summed E-state index contributed by atoms with van der Waals surface area (Å²) in [5.41, 5.74) is -0.145. The van der Waals surface area contributed by atoms with E-state index in [-0.39, 0.29) is 36.7 Å². The lowest BCUT2D eigenvalue weighted by Gasteiger charge is -2.29. The zero-order chi connectivity index (χ0) is 20.8. The van der Waals surface area contributed by atoms with E-state index in [0.29, 0.717) is 12.8 Å². The van der Waals surface area contributed by atoms with Crippen molar-refractivity contribution in [3.05, 3.63) is 27.8 Å². The Morgan fingerprint density at radius 2 is 1.79 bits per heavy atom. The number of esters is 2. The molecule has 0 atom stereocenters. The third kappa shape index (κ3) is 4.24. The van der Waals surface area contributed by atoms with Crippen molar-refractivity contribution in [3.63, 3.8) is 0 Å². The van der Waals surface area contributed by atoms with E-state index >= 15 is 0 Å². The highest BCUT2D eigenvalue weighted by molar-refractivity contribution is 6.39. The topological polar surface area (TPSA) is 145 Å². The second-order valence-corrected chi connectivity index (χ2v) is 5.67. The van der Waals surface area contributed by atoms with Gasteiger partial charge in [-0.2, -0.15) is 0 Å². The highest BCUT2D eigenvalue weighted by atomic mass is 16.6. The number of rotatable bonds is 4. The first kappa shape index (κ1) is 20.8. The van der Waals surface area contributed by atoms with E-state index in [9.17, 15) is 29.3 Å². The summed E-state index contributed by atoms with van der Waals surface area (Å²) in [5, 5.41) is 13.6. The Bertz CT molecular complexity index is 836. The van der Waals surface area contributed by atoms with Gasteiger partial charge in [0, 0.05) is 23.9 Å². The lowest BCUT2D eigenvalue weighted by Crippen LogP contribution is -2.41. The summed E-state index contributed by atoms with van der Waals surface area (Å²) < 4.78 is 9.31. The van der Waals surface area contributed by atoms with Crippen LogP contribution in [0.5, 0.6) is 0 Å². The molecule has 1 aliphatic rings. The van der Waals surface area contributed by atoms with Crippen LogP contribution < -0.4 is 10.2 Å². The predicted octanol–water partition coefficient (Wildman–Crippen LogP) is 0.939. The van der Waals surface area contributed by atoms with Crippen LogP contribution in [0, 0.1) is 10.1 Å². The normalized spacial score (nSPS) is 12.6. The molecular formula is C17H19N3O8. The molecule has 0 aliphatic carbocycles. The third-order valence-electron chi connectivity index (χ3n) is 3.96. The molecule has 1 aromatic carbocycles. The van der Waals surface area contributed by atoms with Crippen molar-refractivity contribution < 1.29 is 33.6 Å². The van der Waals surface area contributed by atoms with Crippen LogP contribution in [0.2, 0.25) is 0 Å². The Morgan fingerprint density at radius 3 is 2.39 bits per heavy atom. The van der Waals surface area contributed by atoms with Crippen molar-refractivity contribution in [1.29, 1.82) is 0 Å². The van der Waals surface area contributed by atoms with Crippen molar-refractivity contribution in [2.24, 2.45) is 0 Å². The minimum atomic E-state index is -1.19. The minimum absolute atomic E-state index is 0.0202. The molecule has 0 saturated heterocycles. The van der Waals surface area contributed by atoms with Crippen molar-refractivity contribution >= 4 is 40.8 Å². The Kier molecular flexibility index (Phi) is 6.64. The standard InChI is InChI=1S/C17H19N3O8/c1-3-27-16(23)14(21)18-13-10-6-5-9-19(15(22)17(24)28-4-2)11(10)7-8-12(13)20(25)26/h7-8H,3-6,9H2,1-2H3,(H,18,21). The maximum Gasteiger partial charge on any atom is 0.397 e. The zero-order valence-electron chi connectivity index (χ0n) is 15.4. The van der Waals surface area contributed by atoms with Gasteiger partial charge in [0.25, 0.3) is 5.69 Å². The third-order valence-corrected chi connectivity index (χ3v) is 3.96. The van der Waals surface area contributed by atoms with Crippen LogP contribution in [0.1, 0.15) is 25.8 Å². The number of ether oxygens (including phenoxy) is 2. The van der Waals surface area contributed by atoms with Gasteiger partial charge in [-0.25, -0.2) is 9.59 Å². The van der Waals surface area contributed by atoms with Gasteiger partial charge < -0.3 is 19.7 Å². The molecule has 0 aromatic heterocycles. The van der Waals surface area contributed by atoms with E-state index in [0.717, 1.165) is 11.0 Å². The number of carbonyl (C=O) groups excluding carboxylic acids is 4. The van der Waals surface area contributed by atoms with E-state index in [1.54, 1.807) is 6.92 Å². The lowest BCUT2D eigenvalue weighted by atomic mass is 9.98. The number of carbonyl (C=O) groups is 4. The predicted molar refractivity (Wildman–Crippen MR) is 95.7 cm³/mol. The van der Waals surface area contributed by atoms with E-state index in [4.69, 9.17) is 4.74 Å². The molecule has 2 amide bonds. The Balaban J connectivity index is 2.47. The van der Waals surface area contributed by atoms with Crippen LogP contribution in [0.4, 0.5) is 17.1 Å². The molecule has 0 fully saturated rings. The van der Waals surface area contributed by atoms with Gasteiger partial charge in [0.2, 0.25) is 0 Å². The molecule has 0 spiro atoms. The number of hydrogen-bond donors (Lipinski definition) is 1. The van der Waals surface area contributed by atoms with E-state index in [2.05, 4.69) is 10.1 Å². The van der Waals surface area contributed by atoms with E-state index < -0.39 is 34.4 Å². The molecule has 11 nitrogen and oxygen atoms in total. The highest BCUT2D eigenvalue weighted by Gasteiger charge is 2.33. The maximum absolute atomic E-state index is 12.4. The van der Waals surface area contributed by atoms with Gasteiger partial charge in [0.1, 0.15) is 5.69 Å². The molecule has 28 heavy (non-hydrogen) atoms. The smallest absolute Gasteiger partial charge is 0.397 e. The molecule has 1 aliphatic heterocycles. The first-order valence-corrected chi connectivity index (χ1v) is 8.58. The average molecular weight is 393 g/mol. The first-order valence-electron chi connectivity index (χ1n) is 8.58. The average Bonchev–Trinajstić information content (AvgIpc) is 2.67. The molecule has 1 heterocycles. The van der Waals surface area contributed by atoms with Crippen molar-refractivity contribution in [1.82, 2.24) is 0 Å². The summed E-state index contributed by atoms with van der Waals surface area (Å²) in [5.74, 6) is -4.33. The number of benzene rings is 1. The SMILES string of the molecule is CCOC(=O)C(=O)Nc1c([N+](=O)[O-])ccc2c1CCCN2C(=O)C(=O)OCC. The van der Waals surface area contributed by atoms with E-state index in [1.807, 2.05) is 0 Å². The molecule has 2 rings (SSSR count). The van der Waals surface area contributed by atoms with Gasteiger partial charge >= 0.3 is 23.8 Å². The fourth-order valence-corrected chi connectivity index (χ4v) is 2.83. The molecule has 150 valence electrons. The second kappa shape index (κ2) is 8.93. The van der Waals surface area contributed by atoms with Gasteiger partial charge in [-0.1, -0.05) is 0 Å². The number of nitro benzene ring substituents is 1. The largest absolute Gasteiger partial charge is 0.459 e. The van der Waals surface area contributed by atoms with Crippen LogP contribution in [0.3, 0.4) is 0 Å². The van der Waals surface area contributed by atoms with Gasteiger partial charge in [-0.3, -0.25) is 19.7 Å². The van der Waals surface area contributed by atoms with Crippen molar-refractivity contribution in [3.8, 4) is 0 Å². The molecule has 0 unspecified atom stereocenters. The molecule has 0 saturated carbocycles. The summed E-state index contributed by atoms with van der Waals surface area (Å²) in [6.07, 6.45) is 0.684. The minimum Gasteiger partial charge on any atom is -0.459 e. The van der Waals surface area contributed by atoms with Crippen LogP contribution in [0.15, 0.2) is 12.1 Å².